The van der Waals surface area contributed by atoms with Crippen molar-refractivity contribution in [2.75, 3.05) is 0 Å². The average molecular weight is 466 g/mol. The number of benzene rings is 3. The van der Waals surface area contributed by atoms with Crippen molar-refractivity contribution in [2.45, 2.75) is 38.0 Å². The normalized spacial score (nSPS) is 13.0. The molecule has 3 heteroatoms. The molecule has 0 aliphatic carbocycles. The zero-order valence-electron chi connectivity index (χ0n) is 19.5. The molecule has 0 radical (unpaired) electrons. The van der Waals surface area contributed by atoms with Crippen molar-refractivity contribution < 1.29 is 4.57 Å². The molecule has 0 saturated carbocycles. The van der Waals surface area contributed by atoms with E-state index in [1.807, 2.05) is 0 Å². The second kappa shape index (κ2) is 6.01. The molecule has 0 bridgehead atoms. The Labute approximate surface area is 185 Å². The first kappa shape index (κ1) is 19.1. The van der Waals surface area contributed by atoms with Crippen LogP contribution < -0.4 is 8.96 Å². The molecule has 31 heavy (non-hydrogen) atoms. The monoisotopic (exact) mass is 467 g/mol. The summed E-state index contributed by atoms with van der Waals surface area (Å²) in [6.07, 6.45) is 2.24. The molecule has 0 atom stereocenters. The van der Waals surface area contributed by atoms with E-state index >= 15 is 0 Å². The van der Waals surface area contributed by atoms with Crippen molar-refractivity contribution in [2.24, 2.45) is 7.05 Å². The predicted molar refractivity (Wildman–Crippen MR) is 137 cm³/mol. The number of aryl methyl sites for hydroxylation is 4. The number of aromatic nitrogens is 2. The summed E-state index contributed by atoms with van der Waals surface area (Å²) in [7, 11) is 2.20. The second-order valence-corrected chi connectivity index (χ2v) is 21.0. The van der Waals surface area contributed by atoms with Crippen molar-refractivity contribution in [1.82, 2.24) is 4.40 Å². The van der Waals surface area contributed by atoms with Crippen LogP contribution in [-0.2, 0) is 7.05 Å². The van der Waals surface area contributed by atoms with Gasteiger partial charge in [0.25, 0.3) is 0 Å². The van der Waals surface area contributed by atoms with E-state index in [0.717, 1.165) is 0 Å². The molecule has 2 nitrogen and oxygen atoms in total. The van der Waals surface area contributed by atoms with Crippen LogP contribution in [0.1, 0.15) is 16.7 Å². The molecule has 0 fully saturated rings. The van der Waals surface area contributed by atoms with Crippen molar-refractivity contribution in [1.29, 1.82) is 0 Å². The van der Waals surface area contributed by atoms with Gasteiger partial charge in [-0.05, 0) is 0 Å². The zero-order valence-corrected chi connectivity index (χ0v) is 21.6. The minimum atomic E-state index is -2.03. The fraction of sp³-hybridized carbons (Fsp3) is 0.250. The van der Waals surface area contributed by atoms with Gasteiger partial charge in [0.15, 0.2) is 0 Å². The van der Waals surface area contributed by atoms with E-state index in [1.165, 1.54) is 65.7 Å². The molecule has 3 aromatic carbocycles. The van der Waals surface area contributed by atoms with Gasteiger partial charge in [-0.1, -0.05) is 0 Å². The van der Waals surface area contributed by atoms with Gasteiger partial charge in [-0.25, -0.2) is 0 Å². The van der Waals surface area contributed by atoms with Gasteiger partial charge in [0, 0.05) is 0 Å². The molecule has 0 unspecified atom stereocenters. The number of rotatable bonds is 1. The second-order valence-electron chi connectivity index (χ2n) is 10.4. The van der Waals surface area contributed by atoms with E-state index in [2.05, 4.69) is 103 Å². The van der Waals surface area contributed by atoms with Crippen molar-refractivity contribution in [3.63, 3.8) is 0 Å². The molecule has 6 rings (SSSR count). The van der Waals surface area contributed by atoms with Crippen LogP contribution in [0, 0.1) is 20.8 Å². The number of hydrogen-bond acceptors (Lipinski definition) is 0. The maximum atomic E-state index is 2.60. The summed E-state index contributed by atoms with van der Waals surface area (Å²) in [5.74, 6) is 7.49. The number of hydrogen-bond donors (Lipinski definition) is 0. The van der Waals surface area contributed by atoms with Gasteiger partial charge in [-0.2, -0.15) is 0 Å². The van der Waals surface area contributed by atoms with Gasteiger partial charge in [0.2, 0.25) is 0 Å². The Balaban J connectivity index is 2.10. The fourth-order valence-electron chi connectivity index (χ4n) is 5.59. The third kappa shape index (κ3) is 2.37. The van der Waals surface area contributed by atoms with Crippen LogP contribution >= 0.6 is 0 Å². The molecular weight excluding hydrogens is 437 g/mol. The van der Waals surface area contributed by atoms with Crippen molar-refractivity contribution >= 4 is 66.7 Å². The molecule has 0 amide bonds. The Kier molecular flexibility index (Phi) is 3.71. The van der Waals surface area contributed by atoms with E-state index in [-0.39, 0.29) is 0 Å². The van der Waals surface area contributed by atoms with Gasteiger partial charge in [-0.3, -0.25) is 0 Å². The summed E-state index contributed by atoms with van der Waals surface area (Å²) in [6, 6.07) is 16.5. The molecule has 0 aliphatic rings. The van der Waals surface area contributed by atoms with E-state index in [9.17, 15) is 0 Å². The Morgan fingerprint density at radius 1 is 0.742 bits per heavy atom. The molecule has 3 heterocycles. The minimum absolute atomic E-state index is 1.35. The predicted octanol–water partition coefficient (Wildman–Crippen LogP) is 6.28. The van der Waals surface area contributed by atoms with Gasteiger partial charge >= 0.3 is 186 Å². The van der Waals surface area contributed by atoms with Crippen LogP contribution in [0.4, 0.5) is 0 Å². The Hall–Kier alpha value is -2.59. The molecular formula is C28H29GeN2+. The number of nitrogens with zero attached hydrogens (tertiary/aromatic N) is 2. The summed E-state index contributed by atoms with van der Waals surface area (Å²) >= 11 is -2.03. The average Bonchev–Trinajstić information content (AvgIpc) is 3.07. The van der Waals surface area contributed by atoms with Crippen LogP contribution in [0.15, 0.2) is 48.7 Å². The molecule has 0 aliphatic heterocycles. The zero-order chi connectivity index (χ0) is 21.8. The molecule has 0 spiro atoms. The van der Waals surface area contributed by atoms with Crippen molar-refractivity contribution in [3.05, 3.63) is 65.4 Å². The third-order valence-electron chi connectivity index (χ3n) is 7.25. The van der Waals surface area contributed by atoms with E-state index in [4.69, 9.17) is 0 Å². The first-order valence-electron chi connectivity index (χ1n) is 11.2. The van der Waals surface area contributed by atoms with Gasteiger partial charge in [-0.15, -0.1) is 0 Å². The molecule has 6 aromatic rings. The number of fused-ring (bicyclic) bond motifs is 5. The molecule has 154 valence electrons. The summed E-state index contributed by atoms with van der Waals surface area (Å²) < 4.78 is 6.49. The van der Waals surface area contributed by atoms with Gasteiger partial charge in [0.05, 0.1) is 0 Å². The summed E-state index contributed by atoms with van der Waals surface area (Å²) in [5.41, 5.74) is 9.52. The Morgan fingerprint density at radius 2 is 1.42 bits per heavy atom. The van der Waals surface area contributed by atoms with Crippen molar-refractivity contribution in [3.8, 4) is 0 Å². The van der Waals surface area contributed by atoms with Crippen LogP contribution in [0.3, 0.4) is 0 Å². The Bertz CT molecular complexity index is 1700. The van der Waals surface area contributed by atoms with E-state index in [1.54, 1.807) is 4.40 Å². The first-order valence-corrected chi connectivity index (χ1v) is 18.5. The topological polar surface area (TPSA) is 8.29 Å². The van der Waals surface area contributed by atoms with Crippen LogP contribution in [-0.4, -0.2) is 17.7 Å². The summed E-state index contributed by atoms with van der Waals surface area (Å²) in [5, 5.41) is 6.93. The first-order chi connectivity index (χ1) is 14.7. The number of pyridine rings is 2. The van der Waals surface area contributed by atoms with E-state index < -0.39 is 13.3 Å². The molecule has 0 N–H and O–H groups in total. The summed E-state index contributed by atoms with van der Waals surface area (Å²) in [4.78, 5) is 0. The van der Waals surface area contributed by atoms with Crippen LogP contribution in [0.5, 0.6) is 0 Å². The SMILES string of the molecule is Cc1ccc(C)c2c1c1ccc(C)c3c1n2c1c[c]([Ge]([CH3])([CH3])[CH3])cc2cc[n+](C)c3c21. The summed E-state index contributed by atoms with van der Waals surface area (Å²) in [6.45, 7) is 6.78. The molecule has 0 saturated heterocycles. The third-order valence-corrected chi connectivity index (χ3v) is 11.5. The Morgan fingerprint density at radius 3 is 2.16 bits per heavy atom. The molecule has 3 aromatic heterocycles. The fourth-order valence-corrected chi connectivity index (χ4v) is 8.02. The van der Waals surface area contributed by atoms with Gasteiger partial charge in [0.1, 0.15) is 0 Å². The quantitative estimate of drug-likeness (QED) is 0.117. The van der Waals surface area contributed by atoms with Gasteiger partial charge < -0.3 is 0 Å². The van der Waals surface area contributed by atoms with Crippen LogP contribution in [0.2, 0.25) is 17.3 Å². The standard InChI is InChI=1S/C28H29GeN2/c1-16-8-9-18(3)26-23(16)21-11-10-17(2)24-27(21)31(26)22-15-20(29(4,5)6)14-19-12-13-30(7)28(24)25(19)22/h8-15H,1-7H3/q+1. The maximum absolute atomic E-state index is 2.60. The van der Waals surface area contributed by atoms with Crippen LogP contribution in [0.25, 0.3) is 49.0 Å². The van der Waals surface area contributed by atoms with E-state index in [0.29, 0.717) is 0 Å².